The zero-order chi connectivity index (χ0) is 12.7. The molecular weight excluding hydrogens is 302 g/mol. The molecule has 1 unspecified atom stereocenters. The molecule has 4 N–H and O–H groups in total. The minimum absolute atomic E-state index is 0.367. The maximum atomic E-state index is 5.35. The lowest BCUT2D eigenvalue weighted by Gasteiger charge is -2.15. The molecule has 0 fully saturated rings. The Morgan fingerprint density at radius 3 is 2.82 bits per heavy atom. The lowest BCUT2D eigenvalue weighted by atomic mass is 10.2. The van der Waals surface area contributed by atoms with E-state index in [4.69, 9.17) is 5.84 Å². The molecular formula is C10H18BrN5S. The molecule has 0 aliphatic carbocycles. The summed E-state index contributed by atoms with van der Waals surface area (Å²) in [6.45, 7) is 4.31. The van der Waals surface area contributed by atoms with Gasteiger partial charge >= 0.3 is 0 Å². The van der Waals surface area contributed by atoms with Gasteiger partial charge in [0.05, 0.1) is 0 Å². The van der Waals surface area contributed by atoms with Crippen LogP contribution in [0.2, 0.25) is 0 Å². The van der Waals surface area contributed by atoms with Crippen LogP contribution in [0.15, 0.2) is 10.8 Å². The summed E-state index contributed by atoms with van der Waals surface area (Å²) < 4.78 is 0.762. The first-order valence-corrected chi connectivity index (χ1v) is 7.45. The molecule has 0 aliphatic heterocycles. The SMILES string of the molecule is CCSCCC(C)Nc1ncnc(NN)c1Br. The smallest absolute Gasteiger partial charge is 0.159 e. The van der Waals surface area contributed by atoms with Crippen molar-refractivity contribution in [1.29, 1.82) is 0 Å². The van der Waals surface area contributed by atoms with Crippen molar-refractivity contribution in [2.24, 2.45) is 5.84 Å². The number of nitrogen functional groups attached to an aromatic ring is 1. The molecule has 0 saturated heterocycles. The Labute approximate surface area is 114 Å². The van der Waals surface area contributed by atoms with Crippen LogP contribution >= 0.6 is 27.7 Å². The van der Waals surface area contributed by atoms with Gasteiger partial charge in [0.15, 0.2) is 5.82 Å². The number of hydrazine groups is 1. The van der Waals surface area contributed by atoms with Crippen molar-refractivity contribution in [3.63, 3.8) is 0 Å². The highest BCUT2D eigenvalue weighted by molar-refractivity contribution is 9.10. The first kappa shape index (κ1) is 14.5. The Kier molecular flexibility index (Phi) is 6.61. The van der Waals surface area contributed by atoms with Gasteiger partial charge in [-0.05, 0) is 40.8 Å². The molecule has 0 spiro atoms. The van der Waals surface area contributed by atoms with Crippen LogP contribution in [0.3, 0.4) is 0 Å². The summed E-state index contributed by atoms with van der Waals surface area (Å²) in [4.78, 5) is 8.19. The fourth-order valence-corrected chi connectivity index (χ4v) is 2.52. The van der Waals surface area contributed by atoms with Crippen LogP contribution in [0.1, 0.15) is 20.3 Å². The van der Waals surface area contributed by atoms with E-state index in [1.165, 1.54) is 6.33 Å². The van der Waals surface area contributed by atoms with Gasteiger partial charge in [-0.2, -0.15) is 11.8 Å². The van der Waals surface area contributed by atoms with Gasteiger partial charge in [-0.25, -0.2) is 15.8 Å². The number of anilines is 2. The summed E-state index contributed by atoms with van der Waals surface area (Å²) in [7, 11) is 0. The largest absolute Gasteiger partial charge is 0.366 e. The molecule has 1 rings (SSSR count). The van der Waals surface area contributed by atoms with Crippen LogP contribution in [0, 0.1) is 0 Å². The van der Waals surface area contributed by atoms with Gasteiger partial charge in [-0.15, -0.1) is 0 Å². The minimum Gasteiger partial charge on any atom is -0.366 e. The zero-order valence-corrected chi connectivity index (χ0v) is 12.4. The molecule has 0 bridgehead atoms. The number of hydrogen-bond acceptors (Lipinski definition) is 6. The average molecular weight is 320 g/mol. The van der Waals surface area contributed by atoms with Crippen molar-refractivity contribution in [3.8, 4) is 0 Å². The standard InChI is InChI=1S/C10H18BrN5S/c1-3-17-5-4-7(2)15-9-8(11)10(16-12)14-6-13-9/h6-7H,3-5,12H2,1-2H3,(H2,13,14,15,16). The van der Waals surface area contributed by atoms with E-state index in [0.717, 1.165) is 28.2 Å². The molecule has 96 valence electrons. The molecule has 0 radical (unpaired) electrons. The topological polar surface area (TPSA) is 75.9 Å². The van der Waals surface area contributed by atoms with Gasteiger partial charge in [-0.3, -0.25) is 0 Å². The predicted octanol–water partition coefficient (Wildman–Crippen LogP) is 2.47. The van der Waals surface area contributed by atoms with Gasteiger partial charge in [0.25, 0.3) is 0 Å². The molecule has 0 amide bonds. The van der Waals surface area contributed by atoms with Gasteiger partial charge in [-0.1, -0.05) is 6.92 Å². The Hall–Kier alpha value is -0.530. The molecule has 0 saturated carbocycles. The van der Waals surface area contributed by atoms with E-state index in [-0.39, 0.29) is 0 Å². The normalized spacial score (nSPS) is 12.2. The zero-order valence-electron chi connectivity index (χ0n) is 10.0. The molecule has 7 heteroatoms. The first-order chi connectivity index (χ1) is 8.19. The van der Waals surface area contributed by atoms with Crippen molar-refractivity contribution < 1.29 is 0 Å². The number of hydrogen-bond donors (Lipinski definition) is 3. The van der Waals surface area contributed by atoms with Gasteiger partial charge in [0, 0.05) is 6.04 Å². The summed E-state index contributed by atoms with van der Waals surface area (Å²) in [6, 6.07) is 0.367. The second kappa shape index (κ2) is 7.73. The Bertz CT molecular complexity index is 349. The van der Waals surface area contributed by atoms with Crippen molar-refractivity contribution in [2.75, 3.05) is 22.2 Å². The number of halogens is 1. The third-order valence-electron chi connectivity index (χ3n) is 2.21. The highest BCUT2D eigenvalue weighted by Gasteiger charge is 2.10. The lowest BCUT2D eigenvalue weighted by molar-refractivity contribution is 0.765. The van der Waals surface area contributed by atoms with E-state index in [9.17, 15) is 0 Å². The van der Waals surface area contributed by atoms with Crippen LogP contribution in [-0.2, 0) is 0 Å². The summed E-state index contributed by atoms with van der Waals surface area (Å²) in [5, 5.41) is 3.34. The fourth-order valence-electron chi connectivity index (χ4n) is 1.28. The van der Waals surface area contributed by atoms with E-state index in [1.54, 1.807) is 0 Å². The lowest BCUT2D eigenvalue weighted by Crippen LogP contribution is -2.18. The van der Waals surface area contributed by atoms with Gasteiger partial charge < -0.3 is 10.7 Å². The van der Waals surface area contributed by atoms with E-state index >= 15 is 0 Å². The fraction of sp³-hybridized carbons (Fsp3) is 0.600. The van der Waals surface area contributed by atoms with E-state index in [1.807, 2.05) is 11.8 Å². The van der Waals surface area contributed by atoms with Crippen LogP contribution in [0.4, 0.5) is 11.6 Å². The number of nitrogens with one attached hydrogen (secondary N) is 2. The van der Waals surface area contributed by atoms with Crippen LogP contribution in [0.25, 0.3) is 0 Å². The molecule has 0 aliphatic rings. The maximum absolute atomic E-state index is 5.35. The van der Waals surface area contributed by atoms with Crippen LogP contribution < -0.4 is 16.6 Å². The van der Waals surface area contributed by atoms with Crippen molar-refractivity contribution in [2.45, 2.75) is 26.3 Å². The molecule has 1 aromatic rings. The first-order valence-electron chi connectivity index (χ1n) is 5.50. The molecule has 5 nitrogen and oxygen atoms in total. The molecule has 1 atom stereocenters. The Morgan fingerprint density at radius 2 is 2.18 bits per heavy atom. The predicted molar refractivity (Wildman–Crippen MR) is 78.2 cm³/mol. The summed E-state index contributed by atoms with van der Waals surface area (Å²) >= 11 is 5.36. The highest BCUT2D eigenvalue weighted by atomic mass is 79.9. The van der Waals surface area contributed by atoms with Crippen molar-refractivity contribution >= 4 is 39.3 Å². The number of nitrogens with zero attached hydrogens (tertiary/aromatic N) is 2. The van der Waals surface area contributed by atoms with Gasteiger partial charge in [0.2, 0.25) is 0 Å². The van der Waals surface area contributed by atoms with Crippen LogP contribution in [-0.4, -0.2) is 27.5 Å². The van der Waals surface area contributed by atoms with Gasteiger partial charge in [0.1, 0.15) is 16.6 Å². The number of aromatic nitrogens is 2. The second-order valence-corrected chi connectivity index (χ2v) is 5.75. The van der Waals surface area contributed by atoms with Crippen LogP contribution in [0.5, 0.6) is 0 Å². The molecule has 0 aromatic carbocycles. The number of nitrogens with two attached hydrogens (primary N) is 1. The average Bonchev–Trinajstić information content (AvgIpc) is 2.32. The Morgan fingerprint density at radius 1 is 1.47 bits per heavy atom. The summed E-state index contributed by atoms with van der Waals surface area (Å²) in [5.41, 5.74) is 2.52. The summed E-state index contributed by atoms with van der Waals surface area (Å²) in [6.07, 6.45) is 2.58. The number of rotatable bonds is 7. The maximum Gasteiger partial charge on any atom is 0.159 e. The molecule has 17 heavy (non-hydrogen) atoms. The van der Waals surface area contributed by atoms with E-state index < -0.39 is 0 Å². The van der Waals surface area contributed by atoms with Crippen molar-refractivity contribution in [3.05, 3.63) is 10.8 Å². The number of thioether (sulfide) groups is 1. The van der Waals surface area contributed by atoms with Crippen molar-refractivity contribution in [1.82, 2.24) is 9.97 Å². The summed E-state index contributed by atoms with van der Waals surface area (Å²) in [5.74, 6) is 9.00. The monoisotopic (exact) mass is 319 g/mol. The highest BCUT2D eigenvalue weighted by Crippen LogP contribution is 2.26. The minimum atomic E-state index is 0.367. The molecule has 1 aromatic heterocycles. The van der Waals surface area contributed by atoms with E-state index in [2.05, 4.69) is 50.5 Å². The second-order valence-electron chi connectivity index (χ2n) is 3.56. The third kappa shape index (κ3) is 4.69. The third-order valence-corrected chi connectivity index (χ3v) is 3.89. The quantitative estimate of drug-likeness (QED) is 0.407. The Balaban J connectivity index is 2.55. The van der Waals surface area contributed by atoms with E-state index in [0.29, 0.717) is 11.9 Å². The molecule has 1 heterocycles.